The second-order valence-electron chi connectivity index (χ2n) is 4.74. The van der Waals surface area contributed by atoms with E-state index in [1.54, 1.807) is 7.11 Å². The Kier molecular flexibility index (Phi) is 7.09. The minimum atomic E-state index is 0.657. The van der Waals surface area contributed by atoms with E-state index < -0.39 is 0 Å². The molecule has 0 bridgehead atoms. The molecule has 0 unspecified atom stereocenters. The first-order valence-electron chi connectivity index (χ1n) is 7.12. The van der Waals surface area contributed by atoms with Gasteiger partial charge in [0.1, 0.15) is 0 Å². The average molecular weight is 353 g/mol. The van der Waals surface area contributed by atoms with E-state index in [-0.39, 0.29) is 0 Å². The first kappa shape index (κ1) is 16.4. The summed E-state index contributed by atoms with van der Waals surface area (Å²) >= 11 is 3.57. The number of hydrogen-bond donors (Lipinski definition) is 1. The molecule has 0 aliphatic carbocycles. The molecule has 0 saturated carbocycles. The third kappa shape index (κ3) is 5.04. The molecule has 114 valence electrons. The zero-order valence-electron chi connectivity index (χ0n) is 12.3. The molecule has 0 saturated heterocycles. The number of nitrogens with zero attached hydrogens (tertiary/aromatic N) is 1. The Bertz CT molecular complexity index is 563. The number of hydrogen-bond acceptors (Lipinski definition) is 4. The fourth-order valence-electron chi connectivity index (χ4n) is 2.11. The van der Waals surface area contributed by atoms with Gasteiger partial charge in [-0.1, -0.05) is 28.1 Å². The van der Waals surface area contributed by atoms with Crippen LogP contribution in [-0.2, 0) is 16.0 Å². The fraction of sp³-hybridized carbons (Fsp3) is 0.438. The van der Waals surface area contributed by atoms with Crippen LogP contribution >= 0.6 is 15.9 Å². The van der Waals surface area contributed by atoms with Gasteiger partial charge in [-0.15, -0.1) is 0 Å². The molecule has 1 heterocycles. The van der Waals surface area contributed by atoms with Gasteiger partial charge in [0, 0.05) is 36.3 Å². The molecule has 0 spiro atoms. The van der Waals surface area contributed by atoms with Crippen molar-refractivity contribution in [3.05, 3.63) is 40.5 Å². The summed E-state index contributed by atoms with van der Waals surface area (Å²) in [5.41, 5.74) is 2.27. The minimum Gasteiger partial charge on any atom is -0.382 e. The Balaban J connectivity index is 1.78. The number of fused-ring (bicyclic) bond motifs is 1. The number of ether oxygens (including phenoxy) is 2. The van der Waals surface area contributed by atoms with Crippen molar-refractivity contribution in [1.29, 1.82) is 0 Å². The van der Waals surface area contributed by atoms with Gasteiger partial charge in [-0.25, -0.2) is 0 Å². The van der Waals surface area contributed by atoms with Crippen LogP contribution in [0.25, 0.3) is 10.9 Å². The van der Waals surface area contributed by atoms with E-state index in [0.717, 1.165) is 41.5 Å². The third-order valence-corrected chi connectivity index (χ3v) is 3.88. The number of pyridine rings is 1. The molecule has 0 radical (unpaired) electrons. The highest BCUT2D eigenvalue weighted by atomic mass is 79.9. The van der Waals surface area contributed by atoms with Crippen LogP contribution in [-0.4, -0.2) is 38.5 Å². The predicted molar refractivity (Wildman–Crippen MR) is 88.5 cm³/mol. The van der Waals surface area contributed by atoms with Crippen LogP contribution in [0.5, 0.6) is 0 Å². The van der Waals surface area contributed by atoms with E-state index in [2.05, 4.69) is 44.4 Å². The Labute approximate surface area is 134 Å². The number of nitrogens with one attached hydrogen (secondary N) is 1. The minimum absolute atomic E-state index is 0.657. The normalized spacial score (nSPS) is 11.1. The standard InChI is InChI=1S/C16H21BrN2O2/c1-20-10-11-21-9-3-7-18-12-13-5-6-15(17)14-4-2-8-19-16(13)14/h2,4-6,8,18H,3,7,9-12H2,1H3. The monoisotopic (exact) mass is 352 g/mol. The first-order valence-corrected chi connectivity index (χ1v) is 7.91. The van der Waals surface area contributed by atoms with Gasteiger partial charge in [-0.2, -0.15) is 0 Å². The Morgan fingerprint density at radius 3 is 2.95 bits per heavy atom. The summed E-state index contributed by atoms with van der Waals surface area (Å²) in [6.07, 6.45) is 2.83. The maximum absolute atomic E-state index is 5.43. The summed E-state index contributed by atoms with van der Waals surface area (Å²) < 4.78 is 11.4. The van der Waals surface area contributed by atoms with E-state index >= 15 is 0 Å². The Hall–Kier alpha value is -1.01. The van der Waals surface area contributed by atoms with Crippen molar-refractivity contribution in [2.45, 2.75) is 13.0 Å². The maximum atomic E-state index is 5.43. The largest absolute Gasteiger partial charge is 0.382 e. The molecule has 0 fully saturated rings. The molecule has 0 aliphatic heterocycles. The number of benzene rings is 1. The van der Waals surface area contributed by atoms with E-state index in [0.29, 0.717) is 13.2 Å². The van der Waals surface area contributed by atoms with Gasteiger partial charge >= 0.3 is 0 Å². The van der Waals surface area contributed by atoms with Crippen LogP contribution in [0.2, 0.25) is 0 Å². The highest BCUT2D eigenvalue weighted by Crippen LogP contribution is 2.24. The molecule has 0 aliphatic rings. The van der Waals surface area contributed by atoms with Gasteiger partial charge in [0.2, 0.25) is 0 Å². The zero-order valence-corrected chi connectivity index (χ0v) is 13.9. The van der Waals surface area contributed by atoms with Crippen molar-refractivity contribution in [2.24, 2.45) is 0 Å². The van der Waals surface area contributed by atoms with Crippen LogP contribution in [0.3, 0.4) is 0 Å². The smallest absolute Gasteiger partial charge is 0.0758 e. The lowest BCUT2D eigenvalue weighted by atomic mass is 10.1. The Morgan fingerprint density at radius 1 is 1.19 bits per heavy atom. The van der Waals surface area contributed by atoms with Gasteiger partial charge < -0.3 is 14.8 Å². The van der Waals surface area contributed by atoms with Crippen molar-refractivity contribution in [3.63, 3.8) is 0 Å². The average Bonchev–Trinajstić information content (AvgIpc) is 2.52. The lowest BCUT2D eigenvalue weighted by Crippen LogP contribution is -2.17. The van der Waals surface area contributed by atoms with Crippen molar-refractivity contribution in [2.75, 3.05) is 33.5 Å². The van der Waals surface area contributed by atoms with E-state index in [9.17, 15) is 0 Å². The second-order valence-corrected chi connectivity index (χ2v) is 5.60. The number of halogens is 1. The highest BCUT2D eigenvalue weighted by Gasteiger charge is 2.04. The summed E-state index contributed by atoms with van der Waals surface area (Å²) in [5, 5.41) is 4.59. The first-order chi connectivity index (χ1) is 10.3. The summed E-state index contributed by atoms with van der Waals surface area (Å²) in [6.45, 7) is 3.83. The molecule has 1 aromatic heterocycles. The maximum Gasteiger partial charge on any atom is 0.0758 e. The molecule has 21 heavy (non-hydrogen) atoms. The molecular weight excluding hydrogens is 332 g/mol. The summed E-state index contributed by atoms with van der Waals surface area (Å²) in [6, 6.07) is 8.23. The van der Waals surface area contributed by atoms with Crippen molar-refractivity contribution >= 4 is 26.8 Å². The van der Waals surface area contributed by atoms with E-state index in [1.807, 2.05) is 12.3 Å². The molecule has 1 aromatic carbocycles. The zero-order chi connectivity index (χ0) is 14.9. The third-order valence-electron chi connectivity index (χ3n) is 3.19. The van der Waals surface area contributed by atoms with Gasteiger partial charge in [0.25, 0.3) is 0 Å². The van der Waals surface area contributed by atoms with Gasteiger partial charge in [0.15, 0.2) is 0 Å². The van der Waals surface area contributed by atoms with Crippen molar-refractivity contribution in [1.82, 2.24) is 10.3 Å². The number of aromatic nitrogens is 1. The van der Waals surface area contributed by atoms with Crippen LogP contribution < -0.4 is 5.32 Å². The summed E-state index contributed by atoms with van der Waals surface area (Å²) in [7, 11) is 1.68. The molecule has 0 amide bonds. The molecule has 1 N–H and O–H groups in total. The van der Waals surface area contributed by atoms with E-state index in [4.69, 9.17) is 9.47 Å². The lowest BCUT2D eigenvalue weighted by molar-refractivity contribution is 0.0695. The highest BCUT2D eigenvalue weighted by molar-refractivity contribution is 9.10. The topological polar surface area (TPSA) is 43.4 Å². The summed E-state index contributed by atoms with van der Waals surface area (Å²) in [4.78, 5) is 4.48. The molecule has 2 rings (SSSR count). The van der Waals surface area contributed by atoms with Crippen LogP contribution in [0.4, 0.5) is 0 Å². The molecule has 2 aromatic rings. The molecule has 4 nitrogen and oxygen atoms in total. The van der Waals surface area contributed by atoms with Crippen molar-refractivity contribution in [3.8, 4) is 0 Å². The Morgan fingerprint density at radius 2 is 2.10 bits per heavy atom. The van der Waals surface area contributed by atoms with Gasteiger partial charge in [-0.3, -0.25) is 4.98 Å². The molecule has 0 atom stereocenters. The lowest BCUT2D eigenvalue weighted by Gasteiger charge is -2.09. The quantitative estimate of drug-likeness (QED) is 0.704. The molecular formula is C16H21BrN2O2. The van der Waals surface area contributed by atoms with Crippen LogP contribution in [0.15, 0.2) is 34.9 Å². The van der Waals surface area contributed by atoms with Gasteiger partial charge in [0.05, 0.1) is 18.7 Å². The van der Waals surface area contributed by atoms with Crippen LogP contribution in [0.1, 0.15) is 12.0 Å². The fourth-order valence-corrected chi connectivity index (χ4v) is 2.56. The van der Waals surface area contributed by atoms with Crippen molar-refractivity contribution < 1.29 is 9.47 Å². The SMILES string of the molecule is COCCOCCCNCc1ccc(Br)c2cccnc12. The second kappa shape index (κ2) is 9.10. The predicted octanol–water partition coefficient (Wildman–Crippen LogP) is 3.14. The number of methoxy groups -OCH3 is 1. The van der Waals surface area contributed by atoms with Gasteiger partial charge in [-0.05, 0) is 30.7 Å². The van der Waals surface area contributed by atoms with Crippen LogP contribution in [0, 0.1) is 0 Å². The number of rotatable bonds is 9. The molecule has 5 heteroatoms. The van der Waals surface area contributed by atoms with E-state index in [1.165, 1.54) is 5.56 Å². The summed E-state index contributed by atoms with van der Waals surface area (Å²) in [5.74, 6) is 0.